The second-order valence-electron chi connectivity index (χ2n) is 6.67. The molecule has 3 heterocycles. The van der Waals surface area contributed by atoms with Crippen molar-refractivity contribution in [2.75, 3.05) is 39.3 Å². The van der Waals surface area contributed by atoms with Crippen LogP contribution in [-0.4, -0.2) is 60.1 Å². The molecule has 0 bridgehead atoms. The first-order valence-corrected chi connectivity index (χ1v) is 8.58. The molecule has 2 aliphatic heterocycles. The van der Waals surface area contributed by atoms with Gasteiger partial charge in [-0.2, -0.15) is 0 Å². The Hall–Kier alpha value is -1.69. The number of aromatic nitrogens is 1. The van der Waals surface area contributed by atoms with Crippen LogP contribution in [0.15, 0.2) is 35.1 Å². The fourth-order valence-corrected chi connectivity index (χ4v) is 3.85. The lowest BCUT2D eigenvalue weighted by molar-refractivity contribution is 0.170. The van der Waals surface area contributed by atoms with Gasteiger partial charge in [0.05, 0.1) is 0 Å². The predicted octanol–water partition coefficient (Wildman–Crippen LogP) is 1.01. The number of para-hydroxylation sites is 1. The van der Waals surface area contributed by atoms with Crippen molar-refractivity contribution in [1.29, 1.82) is 0 Å². The van der Waals surface area contributed by atoms with E-state index in [-0.39, 0.29) is 5.56 Å². The van der Waals surface area contributed by atoms with Gasteiger partial charge in [0.25, 0.3) is 5.56 Å². The first-order valence-electron chi connectivity index (χ1n) is 8.58. The summed E-state index contributed by atoms with van der Waals surface area (Å²) in [5.74, 6) is 0. The number of benzene rings is 1. The van der Waals surface area contributed by atoms with Gasteiger partial charge in [0, 0.05) is 62.9 Å². The van der Waals surface area contributed by atoms with Crippen LogP contribution in [0.1, 0.15) is 12.0 Å². The van der Waals surface area contributed by atoms with Crippen molar-refractivity contribution < 1.29 is 0 Å². The highest BCUT2D eigenvalue weighted by Crippen LogP contribution is 2.18. The van der Waals surface area contributed by atoms with E-state index in [2.05, 4.69) is 26.2 Å². The molecule has 0 aliphatic carbocycles. The van der Waals surface area contributed by atoms with Gasteiger partial charge in [0.2, 0.25) is 0 Å². The van der Waals surface area contributed by atoms with E-state index in [0.29, 0.717) is 6.04 Å². The highest BCUT2D eigenvalue weighted by atomic mass is 16.1. The van der Waals surface area contributed by atoms with Crippen LogP contribution in [0, 0.1) is 0 Å². The molecule has 5 heteroatoms. The molecule has 23 heavy (non-hydrogen) atoms. The van der Waals surface area contributed by atoms with Gasteiger partial charge in [0.1, 0.15) is 0 Å². The standard InChI is InChI=1S/C18H24N4O/c23-18-15(11-14-3-1-2-4-17(14)20-18)12-21-8-5-16(13-21)22-9-6-19-7-10-22/h1-4,11,16,19H,5-10,12-13H2,(H,20,23). The summed E-state index contributed by atoms with van der Waals surface area (Å²) in [6, 6.07) is 10.7. The first-order chi connectivity index (χ1) is 11.3. The normalized spacial score (nSPS) is 23.6. The average Bonchev–Trinajstić information content (AvgIpc) is 3.05. The molecule has 5 nitrogen and oxygen atoms in total. The Bertz CT molecular complexity index is 735. The zero-order chi connectivity index (χ0) is 15.6. The molecule has 1 atom stereocenters. The SMILES string of the molecule is O=c1[nH]c2ccccc2cc1CN1CCC(N2CCNCC2)C1. The summed E-state index contributed by atoms with van der Waals surface area (Å²) >= 11 is 0. The van der Waals surface area contributed by atoms with E-state index in [1.54, 1.807) is 0 Å². The number of nitrogens with one attached hydrogen (secondary N) is 2. The molecule has 2 fully saturated rings. The summed E-state index contributed by atoms with van der Waals surface area (Å²) in [6.07, 6.45) is 1.21. The number of pyridine rings is 1. The molecule has 0 amide bonds. The number of hydrogen-bond acceptors (Lipinski definition) is 4. The molecule has 2 aromatic rings. The monoisotopic (exact) mass is 312 g/mol. The maximum atomic E-state index is 12.3. The van der Waals surface area contributed by atoms with E-state index in [1.165, 1.54) is 6.42 Å². The average molecular weight is 312 g/mol. The second-order valence-corrected chi connectivity index (χ2v) is 6.67. The maximum absolute atomic E-state index is 12.3. The number of H-pyrrole nitrogens is 1. The third-order valence-electron chi connectivity index (χ3n) is 5.14. The fraction of sp³-hybridized carbons (Fsp3) is 0.500. The van der Waals surface area contributed by atoms with Gasteiger partial charge in [-0.25, -0.2) is 0 Å². The minimum atomic E-state index is 0.0503. The summed E-state index contributed by atoms with van der Waals surface area (Å²) < 4.78 is 0. The molecule has 122 valence electrons. The number of likely N-dealkylation sites (tertiary alicyclic amines) is 1. The third kappa shape index (κ3) is 3.17. The Morgan fingerprint density at radius 2 is 1.96 bits per heavy atom. The highest BCUT2D eigenvalue weighted by molar-refractivity contribution is 5.78. The van der Waals surface area contributed by atoms with Crippen LogP contribution in [0.25, 0.3) is 10.9 Å². The van der Waals surface area contributed by atoms with Crippen molar-refractivity contribution in [2.24, 2.45) is 0 Å². The molecule has 0 spiro atoms. The molecule has 0 radical (unpaired) electrons. The number of aromatic amines is 1. The van der Waals surface area contributed by atoms with Gasteiger partial charge in [-0.05, 0) is 23.9 Å². The van der Waals surface area contributed by atoms with E-state index >= 15 is 0 Å². The molecule has 2 N–H and O–H groups in total. The molecular weight excluding hydrogens is 288 g/mol. The predicted molar refractivity (Wildman–Crippen MR) is 92.7 cm³/mol. The lowest BCUT2D eigenvalue weighted by Gasteiger charge is -2.32. The smallest absolute Gasteiger partial charge is 0.252 e. The molecule has 4 rings (SSSR count). The third-order valence-corrected chi connectivity index (χ3v) is 5.14. The lowest BCUT2D eigenvalue weighted by atomic mass is 10.1. The number of rotatable bonds is 3. The maximum Gasteiger partial charge on any atom is 0.252 e. The Morgan fingerprint density at radius 3 is 2.83 bits per heavy atom. The largest absolute Gasteiger partial charge is 0.322 e. The highest BCUT2D eigenvalue weighted by Gasteiger charge is 2.28. The molecule has 1 aromatic carbocycles. The van der Waals surface area contributed by atoms with Crippen molar-refractivity contribution in [3.63, 3.8) is 0 Å². The van der Waals surface area contributed by atoms with Gasteiger partial charge in [0.15, 0.2) is 0 Å². The first kappa shape index (κ1) is 14.9. The summed E-state index contributed by atoms with van der Waals surface area (Å²) in [7, 11) is 0. The summed E-state index contributed by atoms with van der Waals surface area (Å²) in [6.45, 7) is 7.40. The van der Waals surface area contributed by atoms with Gasteiger partial charge < -0.3 is 10.3 Å². The van der Waals surface area contributed by atoms with Gasteiger partial charge in [-0.15, -0.1) is 0 Å². The zero-order valence-electron chi connectivity index (χ0n) is 13.4. The molecule has 1 unspecified atom stereocenters. The topological polar surface area (TPSA) is 51.4 Å². The zero-order valence-corrected chi connectivity index (χ0v) is 13.4. The minimum Gasteiger partial charge on any atom is -0.322 e. The van der Waals surface area contributed by atoms with Crippen LogP contribution in [0.2, 0.25) is 0 Å². The molecule has 2 saturated heterocycles. The molecule has 2 aliphatic rings. The van der Waals surface area contributed by atoms with Crippen LogP contribution < -0.4 is 10.9 Å². The summed E-state index contributed by atoms with van der Waals surface area (Å²) in [5.41, 5.74) is 1.85. The Labute approximate surface area is 136 Å². The van der Waals surface area contributed by atoms with Gasteiger partial charge in [-0.3, -0.25) is 14.6 Å². The fourth-order valence-electron chi connectivity index (χ4n) is 3.85. The lowest BCUT2D eigenvalue weighted by Crippen LogP contribution is -2.49. The molecule has 1 aromatic heterocycles. The van der Waals surface area contributed by atoms with Crippen LogP contribution in [0.5, 0.6) is 0 Å². The van der Waals surface area contributed by atoms with E-state index in [0.717, 1.165) is 62.3 Å². The number of fused-ring (bicyclic) bond motifs is 1. The summed E-state index contributed by atoms with van der Waals surface area (Å²) in [4.78, 5) is 20.3. The van der Waals surface area contributed by atoms with E-state index in [4.69, 9.17) is 0 Å². The molecular formula is C18H24N4O. The number of nitrogens with zero attached hydrogens (tertiary/aromatic N) is 2. The van der Waals surface area contributed by atoms with E-state index in [1.807, 2.05) is 24.3 Å². The Kier molecular flexibility index (Phi) is 4.16. The van der Waals surface area contributed by atoms with E-state index < -0.39 is 0 Å². The Morgan fingerprint density at radius 1 is 1.13 bits per heavy atom. The van der Waals surface area contributed by atoms with Gasteiger partial charge >= 0.3 is 0 Å². The van der Waals surface area contributed by atoms with Crippen molar-refractivity contribution in [3.05, 3.63) is 46.2 Å². The quantitative estimate of drug-likeness (QED) is 0.888. The second kappa shape index (κ2) is 6.43. The van der Waals surface area contributed by atoms with Crippen LogP contribution >= 0.6 is 0 Å². The van der Waals surface area contributed by atoms with Crippen molar-refractivity contribution in [3.8, 4) is 0 Å². The van der Waals surface area contributed by atoms with Crippen molar-refractivity contribution in [2.45, 2.75) is 19.0 Å². The van der Waals surface area contributed by atoms with Crippen LogP contribution in [0.4, 0.5) is 0 Å². The van der Waals surface area contributed by atoms with E-state index in [9.17, 15) is 4.79 Å². The number of piperazine rings is 1. The molecule has 0 saturated carbocycles. The van der Waals surface area contributed by atoms with Gasteiger partial charge in [-0.1, -0.05) is 18.2 Å². The van der Waals surface area contributed by atoms with Crippen LogP contribution in [0.3, 0.4) is 0 Å². The van der Waals surface area contributed by atoms with Crippen LogP contribution in [-0.2, 0) is 6.54 Å². The minimum absolute atomic E-state index is 0.0503. The number of hydrogen-bond donors (Lipinski definition) is 2. The Balaban J connectivity index is 1.46. The summed E-state index contributed by atoms with van der Waals surface area (Å²) in [5, 5.41) is 4.52. The van der Waals surface area contributed by atoms with Crippen molar-refractivity contribution >= 4 is 10.9 Å². The van der Waals surface area contributed by atoms with Crippen molar-refractivity contribution in [1.82, 2.24) is 20.1 Å².